The van der Waals surface area contributed by atoms with E-state index >= 15 is 0 Å². The maximum atomic E-state index is 5.37. The minimum Gasteiger partial charge on any atom is -0.231 e. The van der Waals surface area contributed by atoms with Gasteiger partial charge in [-0.3, -0.25) is 0 Å². The van der Waals surface area contributed by atoms with Gasteiger partial charge in [-0.25, -0.2) is 9.78 Å². The molecule has 0 spiro atoms. The number of benzene rings is 2. The van der Waals surface area contributed by atoms with Crippen molar-refractivity contribution in [2.45, 2.75) is 26.6 Å². The molecule has 1 atom stereocenters. The first kappa shape index (κ1) is 12.8. The van der Waals surface area contributed by atoms with Crippen molar-refractivity contribution in [1.29, 1.82) is 0 Å². The lowest BCUT2D eigenvalue weighted by Gasteiger charge is -2.12. The molecule has 0 radical (unpaired) electrons. The standard InChI is InChI=1S/C16H18O2/c1-13-8-10-16(11-9-13)14(2)18-17-12-15-6-4-3-5-7-15/h3-11,14H,12H2,1-2H3. The molecular formula is C16H18O2. The van der Waals surface area contributed by atoms with Crippen LogP contribution in [0.2, 0.25) is 0 Å². The van der Waals surface area contributed by atoms with Gasteiger partial charge in [0.15, 0.2) is 0 Å². The summed E-state index contributed by atoms with van der Waals surface area (Å²) in [6.07, 6.45) is -0.0608. The molecule has 0 amide bonds. The molecular weight excluding hydrogens is 224 g/mol. The number of hydrogen-bond donors (Lipinski definition) is 0. The molecule has 1 unspecified atom stereocenters. The van der Waals surface area contributed by atoms with Crippen molar-refractivity contribution in [3.8, 4) is 0 Å². The fourth-order valence-electron chi connectivity index (χ4n) is 1.67. The largest absolute Gasteiger partial charge is 0.231 e. The van der Waals surface area contributed by atoms with Gasteiger partial charge in [0.05, 0.1) is 0 Å². The fraction of sp³-hybridized carbons (Fsp3) is 0.250. The third-order valence-corrected chi connectivity index (χ3v) is 2.83. The van der Waals surface area contributed by atoms with Crippen LogP contribution in [0.15, 0.2) is 54.6 Å². The second-order valence-corrected chi connectivity index (χ2v) is 4.40. The maximum absolute atomic E-state index is 5.37. The monoisotopic (exact) mass is 242 g/mol. The lowest BCUT2D eigenvalue weighted by Crippen LogP contribution is -2.01. The first-order valence-electron chi connectivity index (χ1n) is 6.14. The lowest BCUT2D eigenvalue weighted by atomic mass is 10.1. The van der Waals surface area contributed by atoms with Gasteiger partial charge < -0.3 is 0 Å². The van der Waals surface area contributed by atoms with Crippen molar-refractivity contribution in [2.75, 3.05) is 0 Å². The Hall–Kier alpha value is -1.64. The Balaban J connectivity index is 1.81. The zero-order valence-corrected chi connectivity index (χ0v) is 10.8. The van der Waals surface area contributed by atoms with Crippen LogP contribution in [0.1, 0.15) is 29.7 Å². The molecule has 0 saturated carbocycles. The van der Waals surface area contributed by atoms with Crippen molar-refractivity contribution >= 4 is 0 Å². The molecule has 94 valence electrons. The van der Waals surface area contributed by atoms with Gasteiger partial charge in [0.1, 0.15) is 12.7 Å². The van der Waals surface area contributed by atoms with Gasteiger partial charge in [-0.1, -0.05) is 60.2 Å². The van der Waals surface area contributed by atoms with E-state index in [2.05, 4.69) is 31.2 Å². The van der Waals surface area contributed by atoms with Crippen molar-refractivity contribution in [1.82, 2.24) is 0 Å². The topological polar surface area (TPSA) is 18.5 Å². The highest BCUT2D eigenvalue weighted by Crippen LogP contribution is 2.18. The van der Waals surface area contributed by atoms with Crippen molar-refractivity contribution in [3.05, 3.63) is 71.3 Å². The van der Waals surface area contributed by atoms with E-state index in [1.807, 2.05) is 37.3 Å². The average Bonchev–Trinajstić information content (AvgIpc) is 2.40. The van der Waals surface area contributed by atoms with E-state index in [1.165, 1.54) is 5.56 Å². The van der Waals surface area contributed by atoms with Crippen LogP contribution in [0, 0.1) is 6.92 Å². The van der Waals surface area contributed by atoms with E-state index in [1.54, 1.807) is 0 Å². The highest BCUT2D eigenvalue weighted by Gasteiger charge is 2.06. The minimum absolute atomic E-state index is 0.0608. The Morgan fingerprint density at radius 3 is 2.28 bits per heavy atom. The molecule has 0 fully saturated rings. The average molecular weight is 242 g/mol. The summed E-state index contributed by atoms with van der Waals surface area (Å²) < 4.78 is 0. The Morgan fingerprint density at radius 1 is 0.944 bits per heavy atom. The molecule has 0 heterocycles. The first-order chi connectivity index (χ1) is 8.75. The van der Waals surface area contributed by atoms with Gasteiger partial charge in [0, 0.05) is 0 Å². The predicted molar refractivity (Wildman–Crippen MR) is 71.9 cm³/mol. The Bertz CT molecular complexity index is 462. The third-order valence-electron chi connectivity index (χ3n) is 2.83. The molecule has 0 aliphatic heterocycles. The molecule has 2 nitrogen and oxygen atoms in total. The quantitative estimate of drug-likeness (QED) is 0.577. The Labute approximate surface area is 108 Å². The molecule has 0 aliphatic carbocycles. The van der Waals surface area contributed by atoms with Crippen molar-refractivity contribution in [3.63, 3.8) is 0 Å². The van der Waals surface area contributed by atoms with E-state index in [4.69, 9.17) is 9.78 Å². The lowest BCUT2D eigenvalue weighted by molar-refractivity contribution is -0.332. The molecule has 0 aliphatic rings. The van der Waals surface area contributed by atoms with E-state index < -0.39 is 0 Å². The zero-order valence-electron chi connectivity index (χ0n) is 10.8. The molecule has 0 saturated heterocycles. The van der Waals surface area contributed by atoms with Gasteiger partial charge in [0.25, 0.3) is 0 Å². The van der Waals surface area contributed by atoms with E-state index in [0.29, 0.717) is 6.61 Å². The van der Waals surface area contributed by atoms with Crippen LogP contribution in [-0.4, -0.2) is 0 Å². The van der Waals surface area contributed by atoms with Gasteiger partial charge in [-0.15, -0.1) is 0 Å². The van der Waals surface area contributed by atoms with Crippen LogP contribution in [0.5, 0.6) is 0 Å². The summed E-state index contributed by atoms with van der Waals surface area (Å²) in [5, 5.41) is 0. The molecule has 2 rings (SSSR count). The minimum atomic E-state index is -0.0608. The second kappa shape index (κ2) is 6.34. The summed E-state index contributed by atoms with van der Waals surface area (Å²) in [5.41, 5.74) is 3.47. The summed E-state index contributed by atoms with van der Waals surface area (Å²) in [6, 6.07) is 18.3. The van der Waals surface area contributed by atoms with Gasteiger partial charge >= 0.3 is 0 Å². The smallest absolute Gasteiger partial charge is 0.115 e. The van der Waals surface area contributed by atoms with Crippen LogP contribution in [0.4, 0.5) is 0 Å². The van der Waals surface area contributed by atoms with Crippen molar-refractivity contribution < 1.29 is 9.78 Å². The number of hydrogen-bond acceptors (Lipinski definition) is 2. The van der Waals surface area contributed by atoms with Crippen LogP contribution in [-0.2, 0) is 16.4 Å². The molecule has 0 aromatic heterocycles. The predicted octanol–water partition coefficient (Wildman–Crippen LogP) is 4.20. The molecule has 0 bridgehead atoms. The van der Waals surface area contributed by atoms with E-state index in [-0.39, 0.29) is 6.10 Å². The number of aryl methyl sites for hydroxylation is 1. The second-order valence-electron chi connectivity index (χ2n) is 4.40. The van der Waals surface area contributed by atoms with Crippen molar-refractivity contribution in [2.24, 2.45) is 0 Å². The normalized spacial score (nSPS) is 12.3. The van der Waals surface area contributed by atoms with Gasteiger partial charge in [-0.05, 0) is 25.0 Å². The Kier molecular flexibility index (Phi) is 4.51. The highest BCUT2D eigenvalue weighted by molar-refractivity contribution is 5.22. The molecule has 2 aromatic carbocycles. The maximum Gasteiger partial charge on any atom is 0.115 e. The molecule has 2 heteroatoms. The van der Waals surface area contributed by atoms with E-state index in [9.17, 15) is 0 Å². The molecule has 2 aromatic rings. The summed E-state index contributed by atoms with van der Waals surface area (Å²) in [4.78, 5) is 10.6. The third kappa shape index (κ3) is 3.69. The zero-order chi connectivity index (χ0) is 12.8. The first-order valence-corrected chi connectivity index (χ1v) is 6.14. The van der Waals surface area contributed by atoms with Gasteiger partial charge in [-0.2, -0.15) is 0 Å². The Morgan fingerprint density at radius 2 is 1.61 bits per heavy atom. The summed E-state index contributed by atoms with van der Waals surface area (Å²) in [6.45, 7) is 4.52. The fourth-order valence-corrected chi connectivity index (χ4v) is 1.67. The van der Waals surface area contributed by atoms with Gasteiger partial charge in [0.2, 0.25) is 0 Å². The molecule has 0 N–H and O–H groups in total. The van der Waals surface area contributed by atoms with Crippen LogP contribution in [0.25, 0.3) is 0 Å². The van der Waals surface area contributed by atoms with Crippen LogP contribution in [0.3, 0.4) is 0 Å². The summed E-state index contributed by atoms with van der Waals surface area (Å²) in [7, 11) is 0. The van der Waals surface area contributed by atoms with Crippen LogP contribution >= 0.6 is 0 Å². The van der Waals surface area contributed by atoms with Crippen LogP contribution < -0.4 is 0 Å². The SMILES string of the molecule is Cc1ccc(C(C)OOCc2ccccc2)cc1. The summed E-state index contributed by atoms with van der Waals surface area (Å²) >= 11 is 0. The highest BCUT2D eigenvalue weighted by atomic mass is 17.2. The summed E-state index contributed by atoms with van der Waals surface area (Å²) in [5.74, 6) is 0. The molecule has 18 heavy (non-hydrogen) atoms. The van der Waals surface area contributed by atoms with E-state index in [0.717, 1.165) is 11.1 Å². The number of rotatable bonds is 5.